The third kappa shape index (κ3) is 5.65. The Hall–Kier alpha value is -2.25. The molecule has 1 N–H and O–H groups in total. The number of rotatable bonds is 7. The molecule has 0 saturated heterocycles. The van der Waals surface area contributed by atoms with E-state index in [0.29, 0.717) is 16.5 Å². The molecule has 0 aliphatic carbocycles. The minimum absolute atomic E-state index is 0.101. The van der Waals surface area contributed by atoms with Crippen LogP contribution in [0.4, 0.5) is 5.69 Å². The lowest BCUT2D eigenvalue weighted by Crippen LogP contribution is -2.29. The molecule has 0 heterocycles. The molecule has 0 radical (unpaired) electrons. The lowest BCUT2D eigenvalue weighted by Gasteiger charge is -2.23. The molecule has 0 aliphatic rings. The van der Waals surface area contributed by atoms with Crippen molar-refractivity contribution in [1.29, 1.82) is 0 Å². The molecule has 1 amide bonds. The number of anilines is 1. The van der Waals surface area contributed by atoms with Crippen LogP contribution in [-0.4, -0.2) is 34.2 Å². The average Bonchev–Trinajstić information content (AvgIpc) is 2.58. The summed E-state index contributed by atoms with van der Waals surface area (Å²) in [6.07, 6.45) is 1.15. The van der Waals surface area contributed by atoms with Gasteiger partial charge in [-0.2, -0.15) is 0 Å². The summed E-state index contributed by atoms with van der Waals surface area (Å²) in [7, 11) is -1.95. The molecule has 134 valence electrons. The SMILES string of the molecule is CNC(=O)COc1ccc(N(Cc2ccc(Cl)cc2)S(C)(=O)=O)cc1. The van der Waals surface area contributed by atoms with Gasteiger partial charge in [0.1, 0.15) is 5.75 Å². The van der Waals surface area contributed by atoms with Crippen molar-refractivity contribution in [3.8, 4) is 5.75 Å². The number of hydrogen-bond acceptors (Lipinski definition) is 4. The number of hydrogen-bond donors (Lipinski definition) is 1. The van der Waals surface area contributed by atoms with E-state index in [-0.39, 0.29) is 19.1 Å². The first-order valence-corrected chi connectivity index (χ1v) is 9.68. The highest BCUT2D eigenvalue weighted by molar-refractivity contribution is 7.92. The second kappa shape index (κ2) is 8.22. The molecule has 25 heavy (non-hydrogen) atoms. The summed E-state index contributed by atoms with van der Waals surface area (Å²) in [5, 5.41) is 3.05. The van der Waals surface area contributed by atoms with Crippen molar-refractivity contribution < 1.29 is 17.9 Å². The van der Waals surface area contributed by atoms with Gasteiger partial charge in [-0.05, 0) is 42.0 Å². The van der Waals surface area contributed by atoms with E-state index in [4.69, 9.17) is 16.3 Å². The molecule has 0 atom stereocenters. The first kappa shape index (κ1) is 19.1. The summed E-state index contributed by atoms with van der Waals surface area (Å²) in [6, 6.07) is 13.5. The van der Waals surface area contributed by atoms with Gasteiger partial charge in [0.05, 0.1) is 18.5 Å². The van der Waals surface area contributed by atoms with Crippen LogP contribution >= 0.6 is 11.6 Å². The van der Waals surface area contributed by atoms with Crippen molar-refractivity contribution in [2.75, 3.05) is 24.2 Å². The van der Waals surface area contributed by atoms with E-state index in [1.807, 2.05) is 0 Å². The highest BCUT2D eigenvalue weighted by atomic mass is 35.5. The lowest BCUT2D eigenvalue weighted by atomic mass is 10.2. The monoisotopic (exact) mass is 382 g/mol. The first-order chi connectivity index (χ1) is 11.8. The molecule has 0 aromatic heterocycles. The van der Waals surface area contributed by atoms with Gasteiger partial charge in [-0.15, -0.1) is 0 Å². The summed E-state index contributed by atoms with van der Waals surface area (Å²) in [6.45, 7) is 0.0882. The Balaban J connectivity index is 2.18. The summed E-state index contributed by atoms with van der Waals surface area (Å²) in [4.78, 5) is 11.2. The number of ether oxygens (including phenoxy) is 1. The molecule has 0 spiro atoms. The largest absolute Gasteiger partial charge is 0.484 e. The molecule has 0 bridgehead atoms. The first-order valence-electron chi connectivity index (χ1n) is 7.45. The zero-order valence-corrected chi connectivity index (χ0v) is 15.5. The maximum Gasteiger partial charge on any atom is 0.257 e. The number of nitrogens with one attached hydrogen (secondary N) is 1. The van der Waals surface area contributed by atoms with E-state index >= 15 is 0 Å². The van der Waals surface area contributed by atoms with E-state index in [9.17, 15) is 13.2 Å². The van der Waals surface area contributed by atoms with Gasteiger partial charge in [-0.1, -0.05) is 23.7 Å². The van der Waals surface area contributed by atoms with Gasteiger partial charge in [0.25, 0.3) is 5.91 Å². The van der Waals surface area contributed by atoms with Gasteiger partial charge in [0, 0.05) is 12.1 Å². The highest BCUT2D eigenvalue weighted by Gasteiger charge is 2.18. The third-order valence-corrected chi connectivity index (χ3v) is 4.81. The fourth-order valence-corrected chi connectivity index (χ4v) is 3.10. The van der Waals surface area contributed by atoms with E-state index in [0.717, 1.165) is 11.8 Å². The average molecular weight is 383 g/mol. The van der Waals surface area contributed by atoms with Crippen LogP contribution < -0.4 is 14.4 Å². The predicted molar refractivity (Wildman–Crippen MR) is 98.5 cm³/mol. The van der Waals surface area contributed by atoms with Crippen LogP contribution in [0.2, 0.25) is 5.02 Å². The molecule has 0 unspecified atom stereocenters. The van der Waals surface area contributed by atoms with E-state index in [1.54, 1.807) is 48.5 Å². The standard InChI is InChI=1S/C17H19ClN2O4S/c1-19-17(21)12-24-16-9-7-15(8-10-16)20(25(2,22)23)11-13-3-5-14(18)6-4-13/h3-10H,11-12H2,1-2H3,(H,19,21). The molecule has 8 heteroatoms. The molecule has 2 rings (SSSR count). The summed E-state index contributed by atoms with van der Waals surface area (Å²) >= 11 is 5.86. The van der Waals surface area contributed by atoms with Crippen molar-refractivity contribution in [3.05, 3.63) is 59.1 Å². The van der Waals surface area contributed by atoms with Crippen LogP contribution in [0.5, 0.6) is 5.75 Å². The Morgan fingerprint density at radius 1 is 1.12 bits per heavy atom. The molecule has 2 aromatic carbocycles. The lowest BCUT2D eigenvalue weighted by molar-refractivity contribution is -0.122. The third-order valence-electron chi connectivity index (χ3n) is 3.41. The van der Waals surface area contributed by atoms with Crippen LogP contribution in [0.25, 0.3) is 0 Å². The Bertz CT molecular complexity index is 821. The van der Waals surface area contributed by atoms with Crippen LogP contribution in [0.3, 0.4) is 0 Å². The summed E-state index contributed by atoms with van der Waals surface area (Å²) < 4.78 is 30.9. The topological polar surface area (TPSA) is 75.7 Å². The van der Waals surface area contributed by atoms with Crippen LogP contribution in [0, 0.1) is 0 Å². The predicted octanol–water partition coefficient (Wildman–Crippen LogP) is 2.43. The van der Waals surface area contributed by atoms with Crippen molar-refractivity contribution in [2.24, 2.45) is 0 Å². The Labute approximate surface area is 152 Å². The number of benzene rings is 2. The van der Waals surface area contributed by atoms with E-state index < -0.39 is 10.0 Å². The molecular formula is C17H19ClN2O4S. The minimum Gasteiger partial charge on any atom is -0.484 e. The van der Waals surface area contributed by atoms with Gasteiger partial charge >= 0.3 is 0 Å². The van der Waals surface area contributed by atoms with Gasteiger partial charge in [-0.3, -0.25) is 9.10 Å². The molecular weight excluding hydrogens is 364 g/mol. The van der Waals surface area contributed by atoms with Crippen LogP contribution in [0.1, 0.15) is 5.56 Å². The number of halogens is 1. The van der Waals surface area contributed by atoms with Gasteiger partial charge < -0.3 is 10.1 Å². The maximum atomic E-state index is 12.2. The molecule has 0 aliphatic heterocycles. The highest BCUT2D eigenvalue weighted by Crippen LogP contribution is 2.24. The number of carbonyl (C=O) groups is 1. The second-order valence-electron chi connectivity index (χ2n) is 5.35. The molecule has 2 aromatic rings. The Kier molecular flexibility index (Phi) is 6.27. The minimum atomic E-state index is -3.47. The zero-order valence-electron chi connectivity index (χ0n) is 13.9. The number of amides is 1. The summed E-state index contributed by atoms with van der Waals surface area (Å²) in [5.74, 6) is 0.233. The smallest absolute Gasteiger partial charge is 0.257 e. The van der Waals surface area contributed by atoms with Gasteiger partial charge in [-0.25, -0.2) is 8.42 Å². The number of likely N-dealkylation sites (N-methyl/N-ethyl adjacent to an activating group) is 1. The van der Waals surface area contributed by atoms with Crippen LogP contribution in [-0.2, 0) is 21.4 Å². The number of nitrogens with zero attached hydrogens (tertiary/aromatic N) is 1. The molecule has 6 nitrogen and oxygen atoms in total. The Morgan fingerprint density at radius 3 is 2.24 bits per heavy atom. The second-order valence-corrected chi connectivity index (χ2v) is 7.70. The Morgan fingerprint density at radius 2 is 1.72 bits per heavy atom. The van der Waals surface area contributed by atoms with Crippen molar-refractivity contribution >= 4 is 33.2 Å². The number of sulfonamides is 1. The van der Waals surface area contributed by atoms with Crippen molar-refractivity contribution in [1.82, 2.24) is 5.32 Å². The zero-order chi connectivity index (χ0) is 18.4. The van der Waals surface area contributed by atoms with Crippen molar-refractivity contribution in [2.45, 2.75) is 6.54 Å². The van der Waals surface area contributed by atoms with Crippen molar-refractivity contribution in [3.63, 3.8) is 0 Å². The molecule has 0 saturated carbocycles. The normalized spacial score (nSPS) is 11.0. The van der Waals surface area contributed by atoms with Gasteiger partial charge in [0.2, 0.25) is 10.0 Å². The maximum absolute atomic E-state index is 12.2. The van der Waals surface area contributed by atoms with Gasteiger partial charge in [0.15, 0.2) is 6.61 Å². The quantitative estimate of drug-likeness (QED) is 0.798. The summed E-state index contributed by atoms with van der Waals surface area (Å²) in [5.41, 5.74) is 1.32. The van der Waals surface area contributed by atoms with E-state index in [2.05, 4.69) is 5.32 Å². The molecule has 0 fully saturated rings. The van der Waals surface area contributed by atoms with Crippen LogP contribution in [0.15, 0.2) is 48.5 Å². The number of carbonyl (C=O) groups excluding carboxylic acids is 1. The van der Waals surface area contributed by atoms with E-state index in [1.165, 1.54) is 11.4 Å². The fraction of sp³-hybridized carbons (Fsp3) is 0.235. The fourth-order valence-electron chi connectivity index (χ4n) is 2.09.